The molecule has 0 unspecified atom stereocenters. The van der Waals surface area contributed by atoms with Crippen LogP contribution in [-0.4, -0.2) is 99.7 Å². The van der Waals surface area contributed by atoms with E-state index in [1.54, 1.807) is 6.07 Å². The molecule has 2 aliphatic rings. The number of aliphatic imine (C=N–C) groups is 1. The third kappa shape index (κ3) is 6.88. The number of sulfone groups is 1. The molecular formula is C19H32IN5O3S. The molecule has 0 aromatic heterocycles. The van der Waals surface area contributed by atoms with Crippen LogP contribution in [0.5, 0.6) is 5.75 Å². The molecule has 2 saturated heterocycles. The number of nitrogens with one attached hydrogen (secondary N) is 1. The summed E-state index contributed by atoms with van der Waals surface area (Å²) >= 11 is 0. The van der Waals surface area contributed by atoms with Crippen molar-refractivity contribution in [3.8, 4) is 5.75 Å². The summed E-state index contributed by atoms with van der Waals surface area (Å²) in [7, 11) is -2.83. The monoisotopic (exact) mass is 537 g/mol. The number of hydrogen-bond acceptors (Lipinski definition) is 6. The molecule has 10 heteroatoms. The lowest BCUT2D eigenvalue weighted by Crippen LogP contribution is -2.52. The quantitative estimate of drug-likeness (QED) is 0.327. The first-order valence-corrected chi connectivity index (χ1v) is 11.8. The van der Waals surface area contributed by atoms with Crippen molar-refractivity contribution >= 4 is 45.5 Å². The summed E-state index contributed by atoms with van der Waals surface area (Å²) in [5, 5.41) is 13.4. The Labute approximate surface area is 190 Å². The first-order valence-electron chi connectivity index (χ1n) is 9.97. The van der Waals surface area contributed by atoms with Crippen molar-refractivity contribution < 1.29 is 13.5 Å². The van der Waals surface area contributed by atoms with Gasteiger partial charge in [-0.25, -0.2) is 8.42 Å². The van der Waals surface area contributed by atoms with Crippen molar-refractivity contribution in [3.05, 3.63) is 24.3 Å². The zero-order valence-electron chi connectivity index (χ0n) is 17.0. The number of phenols is 1. The first kappa shape index (κ1) is 24.0. The molecule has 3 rings (SSSR count). The number of hydrogen-bond donors (Lipinski definition) is 2. The van der Waals surface area contributed by atoms with Gasteiger partial charge in [-0.3, -0.25) is 9.89 Å². The summed E-state index contributed by atoms with van der Waals surface area (Å²) in [6.07, 6.45) is 0. The number of para-hydroxylation sites is 2. The van der Waals surface area contributed by atoms with Gasteiger partial charge in [0, 0.05) is 52.4 Å². The summed E-state index contributed by atoms with van der Waals surface area (Å²) in [6.45, 7) is 8.83. The Hall–Kier alpha value is -1.27. The molecule has 0 saturated carbocycles. The van der Waals surface area contributed by atoms with Gasteiger partial charge in [0.1, 0.15) is 5.75 Å². The molecule has 0 bridgehead atoms. The molecule has 29 heavy (non-hydrogen) atoms. The van der Waals surface area contributed by atoms with Crippen LogP contribution in [0, 0.1) is 0 Å². The minimum Gasteiger partial charge on any atom is -0.506 e. The molecule has 0 spiro atoms. The van der Waals surface area contributed by atoms with E-state index >= 15 is 0 Å². The van der Waals surface area contributed by atoms with E-state index in [1.807, 2.05) is 18.2 Å². The zero-order chi connectivity index (χ0) is 20.0. The fourth-order valence-corrected chi connectivity index (χ4v) is 4.86. The average molecular weight is 537 g/mol. The van der Waals surface area contributed by atoms with Gasteiger partial charge in [0.15, 0.2) is 15.8 Å². The van der Waals surface area contributed by atoms with Crippen LogP contribution in [-0.2, 0) is 9.84 Å². The lowest BCUT2D eigenvalue weighted by molar-refractivity contribution is 0.302. The molecule has 0 amide bonds. The van der Waals surface area contributed by atoms with Gasteiger partial charge in [0.25, 0.3) is 0 Å². The predicted octanol–water partition coefficient (Wildman–Crippen LogP) is 0.828. The standard InChI is InChI=1S/C19H31N5O3S.HI/c1-2-20-19(21-7-8-22-13-15-28(26,27)16-14-22)24-11-9-23(10-12-24)17-5-3-4-6-18(17)25;/h3-6,25H,2,7-16H2,1H3,(H,20,21);1H. The molecule has 2 aliphatic heterocycles. The second-order valence-electron chi connectivity index (χ2n) is 7.19. The van der Waals surface area contributed by atoms with Crippen LogP contribution in [0.25, 0.3) is 0 Å². The van der Waals surface area contributed by atoms with Crippen LogP contribution in [0.15, 0.2) is 29.3 Å². The normalized spacial score (nSPS) is 20.2. The number of aromatic hydroxyl groups is 1. The summed E-state index contributed by atoms with van der Waals surface area (Å²) < 4.78 is 23.1. The topological polar surface area (TPSA) is 88.5 Å². The second kappa shape index (κ2) is 11.2. The van der Waals surface area contributed by atoms with Crippen molar-refractivity contribution in [2.45, 2.75) is 6.92 Å². The lowest BCUT2D eigenvalue weighted by Gasteiger charge is -2.38. The van der Waals surface area contributed by atoms with Crippen LogP contribution in [0.2, 0.25) is 0 Å². The molecule has 2 N–H and O–H groups in total. The highest BCUT2D eigenvalue weighted by Crippen LogP contribution is 2.27. The second-order valence-corrected chi connectivity index (χ2v) is 9.50. The van der Waals surface area contributed by atoms with Gasteiger partial charge in [-0.05, 0) is 19.1 Å². The molecule has 164 valence electrons. The van der Waals surface area contributed by atoms with E-state index in [4.69, 9.17) is 4.99 Å². The van der Waals surface area contributed by atoms with Crippen molar-refractivity contribution in [2.24, 2.45) is 4.99 Å². The Bertz CT molecular complexity index is 768. The summed E-state index contributed by atoms with van der Waals surface area (Å²) in [5.74, 6) is 1.74. The van der Waals surface area contributed by atoms with E-state index in [-0.39, 0.29) is 35.5 Å². The molecule has 0 aliphatic carbocycles. The highest BCUT2D eigenvalue weighted by molar-refractivity contribution is 14.0. The van der Waals surface area contributed by atoms with Crippen molar-refractivity contribution in [2.75, 3.05) is 75.3 Å². The maximum Gasteiger partial charge on any atom is 0.194 e. The SMILES string of the molecule is CCNC(=NCCN1CCS(=O)(=O)CC1)N1CCN(c2ccccc2O)CC1.I. The molecule has 8 nitrogen and oxygen atoms in total. The van der Waals surface area contributed by atoms with Gasteiger partial charge in [0.05, 0.1) is 23.7 Å². The first-order chi connectivity index (χ1) is 13.5. The molecular weight excluding hydrogens is 505 g/mol. The largest absolute Gasteiger partial charge is 0.506 e. The van der Waals surface area contributed by atoms with Gasteiger partial charge in [-0.2, -0.15) is 0 Å². The maximum atomic E-state index is 11.5. The van der Waals surface area contributed by atoms with Gasteiger partial charge in [-0.1, -0.05) is 12.1 Å². The van der Waals surface area contributed by atoms with Crippen LogP contribution < -0.4 is 10.2 Å². The molecule has 0 radical (unpaired) electrons. The Morgan fingerprint density at radius 2 is 1.76 bits per heavy atom. The minimum atomic E-state index is -2.83. The smallest absolute Gasteiger partial charge is 0.194 e. The van der Waals surface area contributed by atoms with Crippen LogP contribution >= 0.6 is 24.0 Å². The molecule has 2 fully saturated rings. The minimum absolute atomic E-state index is 0. The predicted molar refractivity (Wildman–Crippen MR) is 128 cm³/mol. The molecule has 1 aromatic rings. The van der Waals surface area contributed by atoms with Crippen LogP contribution in [0.4, 0.5) is 5.69 Å². The van der Waals surface area contributed by atoms with E-state index in [9.17, 15) is 13.5 Å². The Morgan fingerprint density at radius 3 is 2.38 bits per heavy atom. The Balaban J connectivity index is 0.00000300. The average Bonchev–Trinajstić information content (AvgIpc) is 2.69. The van der Waals surface area contributed by atoms with E-state index < -0.39 is 9.84 Å². The number of benzene rings is 1. The fraction of sp³-hybridized carbons (Fsp3) is 0.632. The number of nitrogens with zero attached hydrogens (tertiary/aromatic N) is 4. The van der Waals surface area contributed by atoms with Gasteiger partial charge in [-0.15, -0.1) is 24.0 Å². The molecule has 2 heterocycles. The third-order valence-electron chi connectivity index (χ3n) is 5.25. The lowest BCUT2D eigenvalue weighted by atomic mass is 10.2. The van der Waals surface area contributed by atoms with Gasteiger partial charge in [0.2, 0.25) is 0 Å². The van der Waals surface area contributed by atoms with Crippen molar-refractivity contribution in [1.82, 2.24) is 15.1 Å². The van der Waals surface area contributed by atoms with Crippen molar-refractivity contribution in [3.63, 3.8) is 0 Å². The summed E-state index contributed by atoms with van der Waals surface area (Å²) in [6, 6.07) is 7.45. The number of halogens is 1. The Kier molecular flexibility index (Phi) is 9.28. The highest BCUT2D eigenvalue weighted by Gasteiger charge is 2.23. The number of guanidine groups is 1. The third-order valence-corrected chi connectivity index (χ3v) is 6.86. The van der Waals surface area contributed by atoms with Gasteiger partial charge < -0.3 is 20.2 Å². The van der Waals surface area contributed by atoms with Crippen LogP contribution in [0.3, 0.4) is 0 Å². The maximum absolute atomic E-state index is 11.5. The molecule has 0 atom stereocenters. The Morgan fingerprint density at radius 1 is 1.10 bits per heavy atom. The number of phenolic OH excluding ortho intramolecular Hbond substituents is 1. The van der Waals surface area contributed by atoms with E-state index in [1.165, 1.54) is 0 Å². The fourth-order valence-electron chi connectivity index (χ4n) is 3.59. The van der Waals surface area contributed by atoms with E-state index in [0.717, 1.165) is 50.9 Å². The number of rotatable bonds is 5. The van der Waals surface area contributed by atoms with Crippen molar-refractivity contribution in [1.29, 1.82) is 0 Å². The summed E-state index contributed by atoms with van der Waals surface area (Å²) in [5.41, 5.74) is 0.879. The number of piperazine rings is 1. The highest BCUT2D eigenvalue weighted by atomic mass is 127. The zero-order valence-corrected chi connectivity index (χ0v) is 20.1. The van der Waals surface area contributed by atoms with Crippen LogP contribution in [0.1, 0.15) is 6.92 Å². The summed E-state index contributed by atoms with van der Waals surface area (Å²) in [4.78, 5) is 11.4. The van der Waals surface area contributed by atoms with Gasteiger partial charge >= 0.3 is 0 Å². The molecule has 1 aromatic carbocycles. The number of anilines is 1. The van der Waals surface area contributed by atoms with E-state index in [2.05, 4.69) is 26.9 Å². The van der Waals surface area contributed by atoms with E-state index in [0.29, 0.717) is 25.4 Å².